The van der Waals surface area contributed by atoms with Crippen LogP contribution in [-0.2, 0) is 0 Å². The lowest BCUT2D eigenvalue weighted by atomic mass is 9.99. The summed E-state index contributed by atoms with van der Waals surface area (Å²) in [7, 11) is 3.02. The fraction of sp³-hybridized carbons (Fsp3) is 0.600. The zero-order valence-corrected chi connectivity index (χ0v) is 15.7. The van der Waals surface area contributed by atoms with Crippen LogP contribution in [0.4, 0.5) is 5.69 Å². The van der Waals surface area contributed by atoms with Gasteiger partial charge in [0.1, 0.15) is 0 Å². The van der Waals surface area contributed by atoms with Crippen molar-refractivity contribution in [1.29, 1.82) is 0 Å². The first-order chi connectivity index (χ1) is 10.6. The quantitative estimate of drug-likeness (QED) is 0.602. The molecule has 1 aliphatic heterocycles. The van der Waals surface area contributed by atoms with Crippen molar-refractivity contribution in [2.24, 2.45) is 0 Å². The Morgan fingerprint density at radius 2 is 1.75 bits per heavy atom. The number of nitro groups is 1. The summed E-state index contributed by atoms with van der Waals surface area (Å²) >= 11 is 0. The van der Waals surface area contributed by atoms with Crippen LogP contribution >= 0.6 is 24.8 Å². The fourth-order valence-corrected chi connectivity index (χ4v) is 2.98. The number of nitrogens with one attached hydrogen (secondary N) is 1. The number of piperazine rings is 1. The molecule has 1 aromatic carbocycles. The summed E-state index contributed by atoms with van der Waals surface area (Å²) in [5.74, 6) is 0.907. The second-order valence-corrected chi connectivity index (χ2v) is 5.23. The molecule has 1 aliphatic rings. The molecule has 24 heavy (non-hydrogen) atoms. The summed E-state index contributed by atoms with van der Waals surface area (Å²) in [6, 6.07) is 3.20. The molecule has 0 aliphatic carbocycles. The van der Waals surface area contributed by atoms with E-state index in [2.05, 4.69) is 10.2 Å². The van der Waals surface area contributed by atoms with E-state index in [0.717, 1.165) is 32.6 Å². The summed E-state index contributed by atoms with van der Waals surface area (Å²) in [6.45, 7) is 5.61. The second kappa shape index (κ2) is 10.6. The molecule has 0 bridgehead atoms. The van der Waals surface area contributed by atoms with Gasteiger partial charge in [-0.1, -0.05) is 6.92 Å². The molecule has 0 aromatic heterocycles. The van der Waals surface area contributed by atoms with E-state index in [-0.39, 0.29) is 41.5 Å². The van der Waals surface area contributed by atoms with E-state index in [1.807, 2.05) is 6.92 Å². The average molecular weight is 382 g/mol. The van der Waals surface area contributed by atoms with E-state index in [1.54, 1.807) is 13.2 Å². The third-order valence-corrected chi connectivity index (χ3v) is 4.07. The number of halogens is 2. The first-order valence-corrected chi connectivity index (χ1v) is 7.47. The maximum absolute atomic E-state index is 11.5. The molecule has 0 amide bonds. The monoisotopic (exact) mass is 381 g/mol. The lowest BCUT2D eigenvalue weighted by Gasteiger charge is -2.34. The average Bonchev–Trinajstić information content (AvgIpc) is 2.55. The maximum atomic E-state index is 11.5. The summed E-state index contributed by atoms with van der Waals surface area (Å²) < 4.78 is 10.5. The molecule has 1 heterocycles. The Bertz CT molecular complexity index is 540. The van der Waals surface area contributed by atoms with Crippen LogP contribution < -0.4 is 14.8 Å². The van der Waals surface area contributed by atoms with Gasteiger partial charge in [-0.2, -0.15) is 0 Å². The maximum Gasteiger partial charge on any atom is 0.278 e. The van der Waals surface area contributed by atoms with Gasteiger partial charge in [-0.3, -0.25) is 15.0 Å². The van der Waals surface area contributed by atoms with E-state index in [4.69, 9.17) is 9.47 Å². The molecule has 2 rings (SSSR count). The van der Waals surface area contributed by atoms with Crippen LogP contribution in [0.25, 0.3) is 0 Å². The van der Waals surface area contributed by atoms with Gasteiger partial charge in [0.05, 0.1) is 30.8 Å². The molecular weight excluding hydrogens is 357 g/mol. The van der Waals surface area contributed by atoms with Gasteiger partial charge in [-0.25, -0.2) is 0 Å². The number of hydrogen-bond donors (Lipinski definition) is 1. The predicted octanol–water partition coefficient (Wildman–Crippen LogP) is 2.81. The zero-order chi connectivity index (χ0) is 16.1. The summed E-state index contributed by atoms with van der Waals surface area (Å²) in [5, 5.41) is 14.8. The van der Waals surface area contributed by atoms with Crippen molar-refractivity contribution in [2.45, 2.75) is 19.4 Å². The van der Waals surface area contributed by atoms with E-state index in [0.29, 0.717) is 17.1 Å². The molecule has 1 aromatic rings. The van der Waals surface area contributed by atoms with Gasteiger partial charge in [-0.05, 0) is 12.5 Å². The molecular formula is C15H25Cl2N3O4. The summed E-state index contributed by atoms with van der Waals surface area (Å²) in [5.41, 5.74) is 0.773. The van der Waals surface area contributed by atoms with Crippen LogP contribution in [0.2, 0.25) is 0 Å². The molecule has 1 N–H and O–H groups in total. The highest BCUT2D eigenvalue weighted by atomic mass is 35.5. The number of nitro benzene ring substituents is 1. The van der Waals surface area contributed by atoms with Gasteiger partial charge < -0.3 is 14.8 Å². The molecule has 0 radical (unpaired) electrons. The largest absolute Gasteiger partial charge is 0.493 e. The third kappa shape index (κ3) is 4.86. The minimum atomic E-state index is -0.345. The molecule has 138 valence electrons. The van der Waals surface area contributed by atoms with Crippen molar-refractivity contribution in [2.75, 3.05) is 40.4 Å². The van der Waals surface area contributed by atoms with Gasteiger partial charge in [0, 0.05) is 32.2 Å². The van der Waals surface area contributed by atoms with Crippen molar-refractivity contribution in [3.8, 4) is 11.5 Å². The molecule has 9 heteroatoms. The van der Waals surface area contributed by atoms with Crippen molar-refractivity contribution in [1.82, 2.24) is 10.2 Å². The van der Waals surface area contributed by atoms with Gasteiger partial charge in [0.15, 0.2) is 11.5 Å². The van der Waals surface area contributed by atoms with E-state index in [9.17, 15) is 10.1 Å². The minimum Gasteiger partial charge on any atom is -0.493 e. The van der Waals surface area contributed by atoms with Crippen molar-refractivity contribution >= 4 is 30.5 Å². The first-order valence-electron chi connectivity index (χ1n) is 7.47. The van der Waals surface area contributed by atoms with Crippen molar-refractivity contribution < 1.29 is 14.4 Å². The van der Waals surface area contributed by atoms with Crippen molar-refractivity contribution in [3.05, 3.63) is 27.8 Å². The van der Waals surface area contributed by atoms with Gasteiger partial charge in [0.25, 0.3) is 5.69 Å². The molecule has 1 saturated heterocycles. The Labute approximate surface area is 154 Å². The minimum absolute atomic E-state index is 0. The van der Waals surface area contributed by atoms with Gasteiger partial charge in [-0.15, -0.1) is 24.8 Å². The van der Waals surface area contributed by atoms with Gasteiger partial charge in [0.2, 0.25) is 0 Å². The Morgan fingerprint density at radius 1 is 1.21 bits per heavy atom. The molecule has 1 atom stereocenters. The van der Waals surface area contributed by atoms with E-state index < -0.39 is 0 Å². The van der Waals surface area contributed by atoms with Crippen LogP contribution in [0.3, 0.4) is 0 Å². The number of ether oxygens (including phenoxy) is 2. The standard InChI is InChI=1S/C15H23N3O4.2ClH/c1-4-12(17-7-5-16-6-8-17)11-9-14(21-2)15(22-3)10-13(11)18(19)20;;/h9-10,12,16H,4-8H2,1-3H3;2*1H/t12-;;/m1../s1. The Balaban J connectivity index is 0.00000264. The lowest BCUT2D eigenvalue weighted by molar-refractivity contribution is -0.386. The summed E-state index contributed by atoms with van der Waals surface area (Å²) in [4.78, 5) is 13.4. The highest BCUT2D eigenvalue weighted by Gasteiger charge is 2.29. The van der Waals surface area contributed by atoms with E-state index in [1.165, 1.54) is 13.2 Å². The lowest BCUT2D eigenvalue weighted by Crippen LogP contribution is -2.45. The summed E-state index contributed by atoms with van der Waals surface area (Å²) in [6.07, 6.45) is 0.802. The Hall–Kier alpha value is -1.28. The third-order valence-electron chi connectivity index (χ3n) is 4.07. The zero-order valence-electron chi connectivity index (χ0n) is 14.1. The fourth-order valence-electron chi connectivity index (χ4n) is 2.98. The molecule has 0 saturated carbocycles. The molecule has 0 spiro atoms. The predicted molar refractivity (Wildman–Crippen MR) is 98.2 cm³/mol. The van der Waals surface area contributed by atoms with Crippen LogP contribution in [0.1, 0.15) is 24.9 Å². The normalized spacial score (nSPS) is 15.6. The Morgan fingerprint density at radius 3 is 2.21 bits per heavy atom. The SMILES string of the molecule is CC[C@H](c1cc(OC)c(OC)cc1[N+](=O)[O-])N1CCNCC1.Cl.Cl. The number of rotatable bonds is 6. The van der Waals surface area contributed by atoms with Crippen LogP contribution in [-0.4, -0.2) is 50.2 Å². The van der Waals surface area contributed by atoms with Crippen LogP contribution in [0.15, 0.2) is 12.1 Å². The second-order valence-electron chi connectivity index (χ2n) is 5.23. The van der Waals surface area contributed by atoms with Gasteiger partial charge >= 0.3 is 0 Å². The van der Waals surface area contributed by atoms with E-state index >= 15 is 0 Å². The number of benzene rings is 1. The number of hydrogen-bond acceptors (Lipinski definition) is 6. The highest BCUT2D eigenvalue weighted by Crippen LogP contribution is 2.40. The number of nitrogens with zero attached hydrogens (tertiary/aromatic N) is 2. The highest BCUT2D eigenvalue weighted by molar-refractivity contribution is 5.85. The molecule has 1 fully saturated rings. The van der Waals surface area contributed by atoms with Crippen LogP contribution in [0, 0.1) is 10.1 Å². The topological polar surface area (TPSA) is 76.9 Å². The smallest absolute Gasteiger partial charge is 0.278 e. The van der Waals surface area contributed by atoms with Crippen molar-refractivity contribution in [3.63, 3.8) is 0 Å². The first kappa shape index (κ1) is 22.7. The number of methoxy groups -OCH3 is 2. The Kier molecular flexibility index (Phi) is 9.99. The molecule has 0 unspecified atom stereocenters. The van der Waals surface area contributed by atoms with Crippen LogP contribution in [0.5, 0.6) is 11.5 Å². The molecule has 7 nitrogen and oxygen atoms in total.